The molecule has 1 saturated heterocycles. The van der Waals surface area contributed by atoms with E-state index in [4.69, 9.17) is 9.05 Å². The highest BCUT2D eigenvalue weighted by atomic mass is 31.2. The van der Waals surface area contributed by atoms with E-state index in [0.29, 0.717) is 0 Å². The number of hydrogen-bond donors (Lipinski definition) is 0. The Labute approximate surface area is 110 Å². The minimum absolute atomic E-state index is 0.185. The van der Waals surface area contributed by atoms with E-state index in [1.54, 1.807) is 20.8 Å². The van der Waals surface area contributed by atoms with E-state index in [9.17, 15) is 9.36 Å². The van der Waals surface area contributed by atoms with Crippen LogP contribution in [0.25, 0.3) is 0 Å². The first-order valence-electron chi connectivity index (χ1n) is 6.38. The Hall–Kier alpha value is -0.180. The second-order valence-electron chi connectivity index (χ2n) is 7.08. The lowest BCUT2D eigenvalue weighted by molar-refractivity contribution is -0.124. The molecule has 2 unspecified atom stereocenters. The van der Waals surface area contributed by atoms with Crippen LogP contribution in [0.1, 0.15) is 48.5 Å². The fourth-order valence-electron chi connectivity index (χ4n) is 2.20. The van der Waals surface area contributed by atoms with Gasteiger partial charge in [0.25, 0.3) is 0 Å². The minimum atomic E-state index is -3.65. The van der Waals surface area contributed by atoms with Gasteiger partial charge in [0.1, 0.15) is 0 Å². The summed E-state index contributed by atoms with van der Waals surface area (Å²) in [6, 6.07) is 0. The third-order valence-electron chi connectivity index (χ3n) is 3.12. The van der Waals surface area contributed by atoms with Crippen LogP contribution in [0.4, 0.5) is 0 Å². The second-order valence-corrected chi connectivity index (χ2v) is 8.95. The van der Waals surface area contributed by atoms with E-state index in [-0.39, 0.29) is 24.0 Å². The van der Waals surface area contributed by atoms with Crippen LogP contribution in [0.2, 0.25) is 0 Å². The third-order valence-corrected chi connectivity index (χ3v) is 5.27. The van der Waals surface area contributed by atoms with Crippen LogP contribution in [0.5, 0.6) is 0 Å². The molecule has 1 aliphatic rings. The lowest BCUT2D eigenvalue weighted by atomic mass is 9.81. The van der Waals surface area contributed by atoms with Crippen LogP contribution in [-0.2, 0) is 18.4 Å². The largest absolute Gasteiger partial charge is 0.397 e. The first kappa shape index (κ1) is 15.9. The van der Waals surface area contributed by atoms with Crippen molar-refractivity contribution >= 4 is 13.1 Å². The summed E-state index contributed by atoms with van der Waals surface area (Å²) in [6.45, 7) is 13.5. The van der Waals surface area contributed by atoms with Gasteiger partial charge in [-0.15, -0.1) is 0 Å². The van der Waals surface area contributed by atoms with Gasteiger partial charge in [-0.05, 0) is 5.92 Å². The fourth-order valence-corrected chi connectivity index (χ4v) is 4.62. The molecule has 1 heterocycles. The Morgan fingerprint density at radius 1 is 1.33 bits per heavy atom. The van der Waals surface area contributed by atoms with Crippen molar-refractivity contribution in [2.75, 3.05) is 6.61 Å². The van der Waals surface area contributed by atoms with Crippen molar-refractivity contribution in [2.45, 2.75) is 54.6 Å². The predicted octanol–water partition coefficient (Wildman–Crippen LogP) is 3.85. The van der Waals surface area contributed by atoms with Crippen molar-refractivity contribution < 1.29 is 18.4 Å². The van der Waals surface area contributed by atoms with Crippen LogP contribution in [0.15, 0.2) is 0 Å². The smallest absolute Gasteiger partial charge is 0.303 e. The molecule has 0 aromatic heterocycles. The fraction of sp³-hybridized carbons (Fsp3) is 0.923. The predicted molar refractivity (Wildman–Crippen MR) is 71.5 cm³/mol. The van der Waals surface area contributed by atoms with Gasteiger partial charge in [0.2, 0.25) is 5.52 Å². The van der Waals surface area contributed by atoms with Crippen molar-refractivity contribution in [1.29, 1.82) is 0 Å². The van der Waals surface area contributed by atoms with Crippen LogP contribution in [0, 0.1) is 16.7 Å². The van der Waals surface area contributed by atoms with Crippen LogP contribution in [0.3, 0.4) is 0 Å². The van der Waals surface area contributed by atoms with Gasteiger partial charge in [-0.1, -0.05) is 48.5 Å². The number of hydrogen-bond acceptors (Lipinski definition) is 4. The Bertz CT molecular complexity index is 379. The molecule has 0 radical (unpaired) electrons. The number of carbonyl (C=O) groups excluding carboxylic acids is 1. The number of rotatable bonds is 2. The SMILES string of the molecule is CC(C)C1OP(=O)(C(=O)C(C)(C)C)OCC1(C)C. The summed E-state index contributed by atoms with van der Waals surface area (Å²) >= 11 is 0. The molecule has 0 aromatic carbocycles. The van der Waals surface area contributed by atoms with Gasteiger partial charge in [-0.2, -0.15) is 0 Å². The van der Waals surface area contributed by atoms with Crippen LogP contribution in [-0.4, -0.2) is 18.2 Å². The highest BCUT2D eigenvalue weighted by Gasteiger charge is 2.51. The van der Waals surface area contributed by atoms with Gasteiger partial charge in [-0.3, -0.25) is 13.9 Å². The molecule has 0 bridgehead atoms. The summed E-state index contributed by atoms with van der Waals surface area (Å²) < 4.78 is 23.5. The van der Waals surface area contributed by atoms with Crippen molar-refractivity contribution in [3.8, 4) is 0 Å². The maximum absolute atomic E-state index is 12.6. The van der Waals surface area contributed by atoms with Crippen LogP contribution < -0.4 is 0 Å². The van der Waals surface area contributed by atoms with E-state index in [2.05, 4.69) is 0 Å². The lowest BCUT2D eigenvalue weighted by Crippen LogP contribution is -2.44. The second kappa shape index (κ2) is 4.73. The normalized spacial score (nSPS) is 32.6. The molecule has 0 amide bonds. The van der Waals surface area contributed by atoms with Crippen molar-refractivity contribution in [3.63, 3.8) is 0 Å². The van der Waals surface area contributed by atoms with E-state index < -0.39 is 18.5 Å². The Morgan fingerprint density at radius 2 is 1.83 bits per heavy atom. The zero-order chi connectivity index (χ0) is 14.4. The molecule has 2 atom stereocenters. The van der Waals surface area contributed by atoms with Gasteiger partial charge >= 0.3 is 7.60 Å². The van der Waals surface area contributed by atoms with Crippen molar-refractivity contribution in [2.24, 2.45) is 16.7 Å². The summed E-state index contributed by atoms with van der Waals surface area (Å²) in [5, 5.41) is 0. The molecular weight excluding hydrogens is 251 g/mol. The third kappa shape index (κ3) is 3.04. The molecule has 1 aliphatic heterocycles. The molecule has 106 valence electrons. The molecule has 4 nitrogen and oxygen atoms in total. The maximum Gasteiger partial charge on any atom is 0.397 e. The standard InChI is InChI=1S/C13H25O4P/c1-9(2)10-13(6,7)8-16-18(15,17-10)11(14)12(3,4)5/h9-10H,8H2,1-7H3. The van der Waals surface area contributed by atoms with E-state index in [1.165, 1.54) is 0 Å². The quantitative estimate of drug-likeness (QED) is 0.719. The Kier molecular flexibility index (Phi) is 4.18. The van der Waals surface area contributed by atoms with Gasteiger partial charge in [-0.25, -0.2) is 0 Å². The molecule has 0 N–H and O–H groups in total. The highest BCUT2D eigenvalue weighted by molar-refractivity contribution is 7.72. The molecule has 0 aliphatic carbocycles. The first-order valence-corrected chi connectivity index (χ1v) is 7.92. The highest BCUT2D eigenvalue weighted by Crippen LogP contribution is 2.60. The van der Waals surface area contributed by atoms with E-state index >= 15 is 0 Å². The topological polar surface area (TPSA) is 52.6 Å². The van der Waals surface area contributed by atoms with Crippen molar-refractivity contribution in [3.05, 3.63) is 0 Å². The number of carbonyl (C=O) groups is 1. The molecule has 18 heavy (non-hydrogen) atoms. The first-order chi connectivity index (χ1) is 7.90. The summed E-state index contributed by atoms with van der Waals surface area (Å²) in [4.78, 5) is 12.2. The Balaban J connectivity index is 3.03. The molecule has 1 rings (SSSR count). The molecule has 0 spiro atoms. The summed E-state index contributed by atoms with van der Waals surface area (Å²) in [7, 11) is -3.65. The molecule has 0 saturated carbocycles. The van der Waals surface area contributed by atoms with E-state index in [1.807, 2.05) is 27.7 Å². The minimum Gasteiger partial charge on any atom is -0.303 e. The summed E-state index contributed by atoms with van der Waals surface area (Å²) in [5.41, 5.74) is -1.39. The monoisotopic (exact) mass is 276 g/mol. The molecule has 5 heteroatoms. The lowest BCUT2D eigenvalue weighted by Gasteiger charge is -2.43. The summed E-state index contributed by atoms with van der Waals surface area (Å²) in [5.74, 6) is 0.185. The Morgan fingerprint density at radius 3 is 2.22 bits per heavy atom. The van der Waals surface area contributed by atoms with Crippen molar-refractivity contribution in [1.82, 2.24) is 0 Å². The molecule has 0 aromatic rings. The maximum atomic E-state index is 12.6. The average Bonchev–Trinajstić information content (AvgIpc) is 2.19. The van der Waals surface area contributed by atoms with Crippen LogP contribution >= 0.6 is 7.60 Å². The van der Waals surface area contributed by atoms with E-state index in [0.717, 1.165) is 0 Å². The van der Waals surface area contributed by atoms with Gasteiger partial charge < -0.3 is 4.52 Å². The molecular formula is C13H25O4P. The summed E-state index contributed by atoms with van der Waals surface area (Å²) in [6.07, 6.45) is -0.233. The van der Waals surface area contributed by atoms with Gasteiger partial charge in [0, 0.05) is 10.8 Å². The zero-order valence-corrected chi connectivity index (χ0v) is 13.3. The van der Waals surface area contributed by atoms with Gasteiger partial charge in [0.15, 0.2) is 0 Å². The van der Waals surface area contributed by atoms with Gasteiger partial charge in [0.05, 0.1) is 12.7 Å². The average molecular weight is 276 g/mol. The zero-order valence-electron chi connectivity index (χ0n) is 12.4. The molecule has 1 fully saturated rings.